The average Bonchev–Trinajstić information content (AvgIpc) is 2.22. The molecule has 0 aromatic heterocycles. The Morgan fingerprint density at radius 2 is 1.19 bits per heavy atom. The van der Waals surface area contributed by atoms with Gasteiger partial charge in [-0.3, -0.25) is 4.18 Å². The molecule has 0 aromatic rings. The van der Waals surface area contributed by atoms with E-state index in [-0.39, 0.29) is 6.10 Å². The van der Waals surface area contributed by atoms with Gasteiger partial charge >= 0.3 is 0 Å². The van der Waals surface area contributed by atoms with Gasteiger partial charge in [0.15, 0.2) is 0 Å². The molecule has 1 rings (SSSR count). The summed E-state index contributed by atoms with van der Waals surface area (Å²) in [5, 5.41) is 0. The van der Waals surface area contributed by atoms with Crippen LogP contribution >= 0.6 is 0 Å². The summed E-state index contributed by atoms with van der Waals surface area (Å²) in [5.41, 5.74) is 0. The lowest BCUT2D eigenvalue weighted by Crippen LogP contribution is -2.17. The highest BCUT2D eigenvalue weighted by Gasteiger charge is 2.15. The Balaban J connectivity index is 2.39. The SMILES string of the molecule is CS(=O)(=O)OC1CCCCCCCCCC1. The highest BCUT2D eigenvalue weighted by Crippen LogP contribution is 2.19. The van der Waals surface area contributed by atoms with Crippen LogP contribution in [0.2, 0.25) is 0 Å². The van der Waals surface area contributed by atoms with Crippen molar-refractivity contribution >= 4 is 10.1 Å². The van der Waals surface area contributed by atoms with Gasteiger partial charge in [-0.15, -0.1) is 0 Å². The molecule has 4 heteroatoms. The van der Waals surface area contributed by atoms with Crippen LogP contribution in [0.4, 0.5) is 0 Å². The van der Waals surface area contributed by atoms with Crippen LogP contribution in [0.15, 0.2) is 0 Å². The molecule has 3 nitrogen and oxygen atoms in total. The van der Waals surface area contributed by atoms with Gasteiger partial charge in [-0.25, -0.2) is 0 Å². The minimum absolute atomic E-state index is 0.0758. The van der Waals surface area contributed by atoms with Gasteiger partial charge in [0.2, 0.25) is 0 Å². The second-order valence-corrected chi connectivity index (χ2v) is 6.43. The van der Waals surface area contributed by atoms with Gasteiger partial charge in [-0.1, -0.05) is 51.4 Å². The Morgan fingerprint density at radius 3 is 1.56 bits per heavy atom. The Hall–Kier alpha value is -0.0900. The van der Waals surface area contributed by atoms with Crippen molar-refractivity contribution in [1.82, 2.24) is 0 Å². The predicted molar refractivity (Wildman–Crippen MR) is 65.9 cm³/mol. The lowest BCUT2D eigenvalue weighted by atomic mass is 10.1. The van der Waals surface area contributed by atoms with Crippen LogP contribution in [0.25, 0.3) is 0 Å². The van der Waals surface area contributed by atoms with Crippen molar-refractivity contribution in [2.45, 2.75) is 70.3 Å². The van der Waals surface area contributed by atoms with E-state index < -0.39 is 10.1 Å². The van der Waals surface area contributed by atoms with Gasteiger partial charge in [0.05, 0.1) is 12.4 Å². The average molecular weight is 248 g/mol. The van der Waals surface area contributed by atoms with Gasteiger partial charge < -0.3 is 0 Å². The fourth-order valence-electron chi connectivity index (χ4n) is 2.29. The standard InChI is InChI=1S/C12H24O3S/c1-16(13,14)15-12-10-8-6-4-2-3-5-7-9-11-12/h12H,2-11H2,1H3. The summed E-state index contributed by atoms with van der Waals surface area (Å²) >= 11 is 0. The second-order valence-electron chi connectivity index (χ2n) is 4.83. The Bertz CT molecular complexity index is 260. The molecule has 1 fully saturated rings. The summed E-state index contributed by atoms with van der Waals surface area (Å²) in [7, 11) is -3.28. The minimum atomic E-state index is -3.28. The Morgan fingerprint density at radius 1 is 0.812 bits per heavy atom. The molecule has 0 aromatic carbocycles. The zero-order valence-corrected chi connectivity index (χ0v) is 11.1. The van der Waals surface area contributed by atoms with Crippen molar-refractivity contribution in [2.24, 2.45) is 0 Å². The van der Waals surface area contributed by atoms with Crippen molar-refractivity contribution in [2.75, 3.05) is 6.26 Å². The molecule has 1 saturated carbocycles. The van der Waals surface area contributed by atoms with Crippen LogP contribution in [-0.2, 0) is 14.3 Å². The fraction of sp³-hybridized carbons (Fsp3) is 1.00. The zero-order valence-electron chi connectivity index (χ0n) is 10.3. The lowest BCUT2D eigenvalue weighted by Gasteiger charge is -2.15. The van der Waals surface area contributed by atoms with E-state index in [9.17, 15) is 8.42 Å². The summed E-state index contributed by atoms with van der Waals surface area (Å²) in [6.45, 7) is 0. The largest absolute Gasteiger partial charge is 0.267 e. The molecule has 0 amide bonds. The highest BCUT2D eigenvalue weighted by atomic mass is 32.2. The molecule has 1 aliphatic rings. The second kappa shape index (κ2) is 7.28. The number of hydrogen-bond donors (Lipinski definition) is 0. The van der Waals surface area contributed by atoms with Gasteiger partial charge in [0.25, 0.3) is 10.1 Å². The fourth-order valence-corrected chi connectivity index (χ4v) is 2.98. The van der Waals surface area contributed by atoms with E-state index >= 15 is 0 Å². The van der Waals surface area contributed by atoms with E-state index in [4.69, 9.17) is 4.18 Å². The zero-order chi connectivity index (χ0) is 11.9. The molecule has 96 valence electrons. The maximum atomic E-state index is 11.1. The van der Waals surface area contributed by atoms with E-state index in [0.29, 0.717) is 0 Å². The van der Waals surface area contributed by atoms with Crippen molar-refractivity contribution in [3.63, 3.8) is 0 Å². The van der Waals surface area contributed by atoms with Crippen LogP contribution in [0.3, 0.4) is 0 Å². The van der Waals surface area contributed by atoms with Crippen molar-refractivity contribution in [3.05, 3.63) is 0 Å². The molecule has 0 radical (unpaired) electrons. The third kappa shape index (κ3) is 7.23. The van der Waals surface area contributed by atoms with Gasteiger partial charge in [-0.2, -0.15) is 8.42 Å². The quantitative estimate of drug-likeness (QED) is 0.705. The topological polar surface area (TPSA) is 43.4 Å². The minimum Gasteiger partial charge on any atom is -0.267 e. The molecular weight excluding hydrogens is 224 g/mol. The van der Waals surface area contributed by atoms with E-state index in [1.807, 2.05) is 0 Å². The maximum Gasteiger partial charge on any atom is 0.264 e. The number of hydrogen-bond acceptors (Lipinski definition) is 3. The van der Waals surface area contributed by atoms with Crippen molar-refractivity contribution < 1.29 is 12.6 Å². The van der Waals surface area contributed by atoms with E-state index in [0.717, 1.165) is 31.9 Å². The summed E-state index contributed by atoms with van der Waals surface area (Å²) in [4.78, 5) is 0. The van der Waals surface area contributed by atoms with Crippen LogP contribution in [-0.4, -0.2) is 20.8 Å². The normalized spacial score (nSPS) is 22.6. The Kier molecular flexibility index (Phi) is 6.36. The highest BCUT2D eigenvalue weighted by molar-refractivity contribution is 7.86. The summed E-state index contributed by atoms with van der Waals surface area (Å²) < 4.78 is 27.3. The Labute approximate surface area is 99.7 Å². The molecule has 0 bridgehead atoms. The molecule has 0 spiro atoms. The molecule has 0 saturated heterocycles. The first-order valence-corrected chi connectivity index (χ1v) is 8.28. The maximum absolute atomic E-state index is 11.1. The molecule has 1 aliphatic carbocycles. The van der Waals surface area contributed by atoms with Crippen molar-refractivity contribution in [1.29, 1.82) is 0 Å². The summed E-state index contributed by atoms with van der Waals surface area (Å²) in [6.07, 6.45) is 12.7. The predicted octanol–water partition coefficient (Wildman–Crippen LogP) is 3.25. The summed E-state index contributed by atoms with van der Waals surface area (Å²) in [6, 6.07) is 0. The third-order valence-corrected chi connectivity index (χ3v) is 3.73. The van der Waals surface area contributed by atoms with Gasteiger partial charge in [0.1, 0.15) is 0 Å². The molecule has 0 heterocycles. The summed E-state index contributed by atoms with van der Waals surface area (Å²) in [5.74, 6) is 0. The molecule has 0 atom stereocenters. The lowest BCUT2D eigenvalue weighted by molar-refractivity contribution is 0.183. The van der Waals surface area contributed by atoms with Gasteiger partial charge in [-0.05, 0) is 12.8 Å². The molecule has 16 heavy (non-hydrogen) atoms. The van der Waals surface area contributed by atoms with Crippen LogP contribution in [0, 0.1) is 0 Å². The third-order valence-electron chi connectivity index (χ3n) is 3.11. The van der Waals surface area contributed by atoms with Crippen LogP contribution < -0.4 is 0 Å². The van der Waals surface area contributed by atoms with E-state index in [2.05, 4.69) is 0 Å². The van der Waals surface area contributed by atoms with E-state index in [1.54, 1.807) is 0 Å². The van der Waals surface area contributed by atoms with Crippen molar-refractivity contribution in [3.8, 4) is 0 Å². The van der Waals surface area contributed by atoms with Crippen LogP contribution in [0.5, 0.6) is 0 Å². The molecule has 0 aliphatic heterocycles. The molecule has 0 unspecified atom stereocenters. The first-order chi connectivity index (χ1) is 7.58. The molecular formula is C12H24O3S. The number of rotatable bonds is 2. The van der Waals surface area contributed by atoms with Gasteiger partial charge in [0, 0.05) is 0 Å². The first-order valence-electron chi connectivity index (χ1n) is 6.46. The first kappa shape index (κ1) is 14.0. The smallest absolute Gasteiger partial charge is 0.264 e. The van der Waals surface area contributed by atoms with E-state index in [1.165, 1.54) is 38.5 Å². The molecule has 0 N–H and O–H groups in total. The monoisotopic (exact) mass is 248 g/mol. The van der Waals surface area contributed by atoms with Crippen LogP contribution in [0.1, 0.15) is 64.2 Å².